The molecular weight excluding hydrogens is 177 g/mol. The fourth-order valence-electron chi connectivity index (χ4n) is 1.38. The molecule has 1 heterocycles. The molecule has 0 saturated heterocycles. The Morgan fingerprint density at radius 2 is 1.79 bits per heavy atom. The van der Waals surface area contributed by atoms with Crippen LogP contribution in [0, 0.1) is 12.9 Å². The minimum Gasteiger partial charge on any atom is -0.220 e. The number of hydrogen-bond donors (Lipinski definition) is 0. The topological polar surface area (TPSA) is 12.9 Å². The van der Waals surface area contributed by atoms with Crippen molar-refractivity contribution < 1.29 is 4.39 Å². The summed E-state index contributed by atoms with van der Waals surface area (Å²) in [5, 5.41) is 0. The van der Waals surface area contributed by atoms with Crippen LogP contribution in [0.25, 0.3) is 11.3 Å². The van der Waals surface area contributed by atoms with Crippen molar-refractivity contribution in [1.29, 1.82) is 0 Å². The van der Waals surface area contributed by atoms with E-state index in [1.165, 1.54) is 6.07 Å². The summed E-state index contributed by atoms with van der Waals surface area (Å²) in [6, 6.07) is 12.9. The van der Waals surface area contributed by atoms with Crippen LogP contribution in [0.5, 0.6) is 0 Å². The second-order valence-electron chi connectivity index (χ2n) is 3.22. The number of aromatic nitrogens is 1. The average Bonchev–Trinajstić information content (AvgIpc) is 2.18. The van der Waals surface area contributed by atoms with Gasteiger partial charge in [-0.2, -0.15) is 4.39 Å². The van der Waals surface area contributed by atoms with Gasteiger partial charge in [0.25, 0.3) is 0 Å². The third kappa shape index (κ3) is 1.79. The molecule has 0 radical (unpaired) electrons. The molecule has 0 saturated carbocycles. The lowest BCUT2D eigenvalue weighted by molar-refractivity contribution is 0.584. The second-order valence-corrected chi connectivity index (χ2v) is 3.22. The third-order valence-electron chi connectivity index (χ3n) is 2.01. The maximum Gasteiger partial charge on any atom is 0.213 e. The van der Waals surface area contributed by atoms with Crippen molar-refractivity contribution in [3.8, 4) is 11.3 Å². The first-order chi connectivity index (χ1) is 6.75. The fourth-order valence-corrected chi connectivity index (χ4v) is 1.38. The molecule has 0 bridgehead atoms. The normalized spacial score (nSPS) is 10.1. The van der Waals surface area contributed by atoms with Crippen molar-refractivity contribution in [3.63, 3.8) is 0 Å². The highest BCUT2D eigenvalue weighted by Crippen LogP contribution is 2.17. The SMILES string of the molecule is Cc1cc(F)nc(-c2ccccc2)c1. The lowest BCUT2D eigenvalue weighted by Crippen LogP contribution is -1.89. The molecule has 0 amide bonds. The van der Waals surface area contributed by atoms with Gasteiger partial charge >= 0.3 is 0 Å². The number of benzene rings is 1. The van der Waals surface area contributed by atoms with Gasteiger partial charge in [-0.3, -0.25) is 0 Å². The number of halogens is 1. The van der Waals surface area contributed by atoms with Gasteiger partial charge in [0.15, 0.2) is 0 Å². The number of aryl methyl sites for hydroxylation is 1. The highest BCUT2D eigenvalue weighted by atomic mass is 19.1. The maximum absolute atomic E-state index is 13.0. The number of pyridine rings is 1. The number of rotatable bonds is 1. The summed E-state index contributed by atoms with van der Waals surface area (Å²) in [5.74, 6) is -0.427. The van der Waals surface area contributed by atoms with Gasteiger partial charge in [-0.15, -0.1) is 0 Å². The van der Waals surface area contributed by atoms with Crippen molar-refractivity contribution >= 4 is 0 Å². The van der Waals surface area contributed by atoms with E-state index >= 15 is 0 Å². The molecule has 0 atom stereocenters. The quantitative estimate of drug-likeness (QED) is 0.625. The molecule has 70 valence electrons. The molecule has 0 fully saturated rings. The Bertz CT molecular complexity index is 417. The molecule has 0 aliphatic carbocycles. The van der Waals surface area contributed by atoms with Crippen molar-refractivity contribution in [3.05, 3.63) is 54.0 Å². The summed E-state index contributed by atoms with van der Waals surface area (Å²) >= 11 is 0. The zero-order valence-electron chi connectivity index (χ0n) is 7.87. The Labute approximate surface area is 82.2 Å². The Kier molecular flexibility index (Phi) is 2.27. The van der Waals surface area contributed by atoms with Crippen LogP contribution in [0.4, 0.5) is 4.39 Å². The van der Waals surface area contributed by atoms with Crippen molar-refractivity contribution in [1.82, 2.24) is 4.98 Å². The van der Waals surface area contributed by atoms with Crippen LogP contribution in [0.2, 0.25) is 0 Å². The van der Waals surface area contributed by atoms with Gasteiger partial charge in [-0.25, -0.2) is 4.98 Å². The van der Waals surface area contributed by atoms with E-state index in [4.69, 9.17) is 0 Å². The molecule has 0 aliphatic rings. The largest absolute Gasteiger partial charge is 0.220 e. The van der Waals surface area contributed by atoms with E-state index in [-0.39, 0.29) is 0 Å². The summed E-state index contributed by atoms with van der Waals surface area (Å²) < 4.78 is 13.0. The van der Waals surface area contributed by atoms with Crippen LogP contribution in [-0.2, 0) is 0 Å². The lowest BCUT2D eigenvalue weighted by Gasteiger charge is -2.01. The van der Waals surface area contributed by atoms with Crippen LogP contribution < -0.4 is 0 Å². The molecule has 2 heteroatoms. The predicted molar refractivity (Wildman–Crippen MR) is 54.4 cm³/mol. The van der Waals surface area contributed by atoms with E-state index in [2.05, 4.69) is 4.98 Å². The van der Waals surface area contributed by atoms with Crippen LogP contribution in [0.3, 0.4) is 0 Å². The summed E-state index contributed by atoms with van der Waals surface area (Å²) in [6.45, 7) is 1.86. The minimum atomic E-state index is -0.427. The first kappa shape index (κ1) is 8.88. The highest BCUT2D eigenvalue weighted by Gasteiger charge is 2.01. The lowest BCUT2D eigenvalue weighted by atomic mass is 10.1. The summed E-state index contributed by atoms with van der Waals surface area (Å²) in [5.41, 5.74) is 2.51. The van der Waals surface area contributed by atoms with Crippen molar-refractivity contribution in [2.45, 2.75) is 6.92 Å². The van der Waals surface area contributed by atoms with E-state index < -0.39 is 5.95 Å². The second kappa shape index (κ2) is 3.58. The zero-order valence-corrected chi connectivity index (χ0v) is 7.87. The van der Waals surface area contributed by atoms with Crippen molar-refractivity contribution in [2.24, 2.45) is 0 Å². The summed E-state index contributed by atoms with van der Waals surface area (Å²) in [4.78, 5) is 3.84. The fraction of sp³-hybridized carbons (Fsp3) is 0.0833. The van der Waals surface area contributed by atoms with Crippen molar-refractivity contribution in [2.75, 3.05) is 0 Å². The maximum atomic E-state index is 13.0. The Morgan fingerprint density at radius 3 is 2.43 bits per heavy atom. The Balaban J connectivity index is 2.52. The Hall–Kier alpha value is -1.70. The third-order valence-corrected chi connectivity index (χ3v) is 2.01. The van der Waals surface area contributed by atoms with Gasteiger partial charge < -0.3 is 0 Å². The molecule has 0 aliphatic heterocycles. The monoisotopic (exact) mass is 187 g/mol. The van der Waals surface area contributed by atoms with Crippen LogP contribution in [0.15, 0.2) is 42.5 Å². The number of hydrogen-bond acceptors (Lipinski definition) is 1. The molecule has 1 aromatic heterocycles. The first-order valence-electron chi connectivity index (χ1n) is 4.45. The van der Waals surface area contributed by atoms with E-state index in [0.717, 1.165) is 11.1 Å². The molecule has 2 aromatic rings. The summed E-state index contributed by atoms with van der Waals surface area (Å²) in [6.07, 6.45) is 0. The first-order valence-corrected chi connectivity index (χ1v) is 4.45. The van der Waals surface area contributed by atoms with E-state index in [0.29, 0.717) is 5.69 Å². The molecule has 1 aromatic carbocycles. The molecule has 14 heavy (non-hydrogen) atoms. The molecular formula is C12H10FN. The van der Waals surface area contributed by atoms with E-state index in [1.54, 1.807) is 0 Å². The standard InChI is InChI=1S/C12H10FN/c1-9-7-11(14-12(13)8-9)10-5-3-2-4-6-10/h2-8H,1H3. The van der Waals surface area contributed by atoms with Gasteiger partial charge in [0.2, 0.25) is 5.95 Å². The number of nitrogens with zero attached hydrogens (tertiary/aromatic N) is 1. The molecule has 2 rings (SSSR count). The molecule has 0 unspecified atom stereocenters. The Morgan fingerprint density at radius 1 is 1.07 bits per heavy atom. The van der Waals surface area contributed by atoms with Gasteiger partial charge in [-0.05, 0) is 24.6 Å². The molecule has 0 N–H and O–H groups in total. The van der Waals surface area contributed by atoms with Crippen LogP contribution >= 0.6 is 0 Å². The molecule has 0 spiro atoms. The van der Waals surface area contributed by atoms with Gasteiger partial charge in [0.1, 0.15) is 0 Å². The van der Waals surface area contributed by atoms with E-state index in [9.17, 15) is 4.39 Å². The van der Waals surface area contributed by atoms with Crippen LogP contribution in [0.1, 0.15) is 5.56 Å². The van der Waals surface area contributed by atoms with Gasteiger partial charge in [-0.1, -0.05) is 30.3 Å². The zero-order chi connectivity index (χ0) is 9.97. The van der Waals surface area contributed by atoms with E-state index in [1.807, 2.05) is 43.3 Å². The van der Waals surface area contributed by atoms with Gasteiger partial charge in [0.05, 0.1) is 5.69 Å². The molecule has 1 nitrogen and oxygen atoms in total. The van der Waals surface area contributed by atoms with Crippen LogP contribution in [-0.4, -0.2) is 4.98 Å². The smallest absolute Gasteiger partial charge is 0.213 e. The predicted octanol–water partition coefficient (Wildman–Crippen LogP) is 3.20. The minimum absolute atomic E-state index is 0.427. The summed E-state index contributed by atoms with van der Waals surface area (Å²) in [7, 11) is 0. The highest BCUT2D eigenvalue weighted by molar-refractivity contribution is 5.59. The van der Waals surface area contributed by atoms with Gasteiger partial charge in [0, 0.05) is 5.56 Å². The average molecular weight is 187 g/mol.